The molecule has 0 amide bonds. The predicted molar refractivity (Wildman–Crippen MR) is 113 cm³/mol. The summed E-state index contributed by atoms with van der Waals surface area (Å²) in [6.45, 7) is 4.73. The summed E-state index contributed by atoms with van der Waals surface area (Å²) in [5.41, 5.74) is -1.99. The molecule has 0 radical (unpaired) electrons. The van der Waals surface area contributed by atoms with Crippen molar-refractivity contribution in [2.75, 3.05) is 30.8 Å². The molecule has 1 fully saturated rings. The fraction of sp³-hybridized carbons (Fsp3) is 0.400. The van der Waals surface area contributed by atoms with Gasteiger partial charge in [-0.15, -0.1) is 0 Å². The van der Waals surface area contributed by atoms with Crippen LogP contribution in [0.4, 0.5) is 23.4 Å². The molecule has 0 atom stereocenters. The van der Waals surface area contributed by atoms with E-state index >= 15 is 0 Å². The molecule has 1 aliphatic heterocycles. The van der Waals surface area contributed by atoms with Gasteiger partial charge >= 0.3 is 6.18 Å². The van der Waals surface area contributed by atoms with E-state index in [0.29, 0.717) is 29.3 Å². The number of anilines is 1. The van der Waals surface area contributed by atoms with E-state index in [-0.39, 0.29) is 18.8 Å². The number of phenols is 1. The Morgan fingerprint density at radius 3 is 2.42 bits per heavy atom. The highest BCUT2D eigenvalue weighted by Gasteiger charge is 2.38. The van der Waals surface area contributed by atoms with E-state index in [0.717, 1.165) is 17.0 Å². The molecule has 3 heterocycles. The lowest BCUT2D eigenvalue weighted by atomic mass is 10.00. The van der Waals surface area contributed by atoms with E-state index in [1.807, 2.05) is 18.7 Å². The number of alkyl halides is 3. The summed E-state index contributed by atoms with van der Waals surface area (Å²) >= 11 is 0. The van der Waals surface area contributed by atoms with Crippen molar-refractivity contribution < 1.29 is 31.1 Å². The van der Waals surface area contributed by atoms with Crippen LogP contribution in [0.25, 0.3) is 16.6 Å². The summed E-state index contributed by atoms with van der Waals surface area (Å²) in [5, 5.41) is 14.3. The third kappa shape index (κ3) is 4.22. The Labute approximate surface area is 187 Å². The van der Waals surface area contributed by atoms with Crippen molar-refractivity contribution in [2.45, 2.75) is 25.6 Å². The molecule has 0 saturated carbocycles. The molecule has 0 aliphatic carbocycles. The zero-order chi connectivity index (χ0) is 24.3. The average molecular weight is 487 g/mol. The quantitative estimate of drug-likeness (QED) is 0.571. The summed E-state index contributed by atoms with van der Waals surface area (Å²) in [6, 6.07) is 3.13. The lowest BCUT2D eigenvalue weighted by Crippen LogP contribution is -2.60. The van der Waals surface area contributed by atoms with Gasteiger partial charge in [0.1, 0.15) is 5.82 Å². The van der Waals surface area contributed by atoms with Crippen LogP contribution in [0.3, 0.4) is 0 Å². The van der Waals surface area contributed by atoms with E-state index in [1.54, 1.807) is 6.07 Å². The smallest absolute Gasteiger partial charge is 0.419 e. The first-order chi connectivity index (χ1) is 15.2. The van der Waals surface area contributed by atoms with Crippen LogP contribution >= 0.6 is 0 Å². The number of hydrogen-bond donors (Lipinski definition) is 1. The van der Waals surface area contributed by atoms with Crippen LogP contribution in [-0.2, 0) is 16.2 Å². The topological polar surface area (TPSA) is 91.6 Å². The Balaban J connectivity index is 1.72. The van der Waals surface area contributed by atoms with E-state index < -0.39 is 38.9 Å². The molecule has 4 rings (SSSR count). The van der Waals surface area contributed by atoms with Crippen LogP contribution in [0.5, 0.6) is 5.75 Å². The molecule has 1 aliphatic rings. The number of halogens is 4. The number of nitrogens with zero attached hydrogens (tertiary/aromatic N) is 5. The van der Waals surface area contributed by atoms with Crippen molar-refractivity contribution in [3.63, 3.8) is 0 Å². The molecule has 0 spiro atoms. The van der Waals surface area contributed by atoms with Gasteiger partial charge in [0.15, 0.2) is 11.6 Å². The van der Waals surface area contributed by atoms with E-state index in [4.69, 9.17) is 0 Å². The van der Waals surface area contributed by atoms with Crippen LogP contribution in [-0.4, -0.2) is 64.0 Å². The Hall–Kier alpha value is -2.93. The van der Waals surface area contributed by atoms with Gasteiger partial charge in [0.2, 0.25) is 10.0 Å². The maximum Gasteiger partial charge on any atom is 0.419 e. The molecule has 0 bridgehead atoms. The van der Waals surface area contributed by atoms with Crippen molar-refractivity contribution in [3.05, 3.63) is 42.0 Å². The Kier molecular flexibility index (Phi) is 5.32. The highest BCUT2D eigenvalue weighted by Crippen LogP contribution is 2.37. The van der Waals surface area contributed by atoms with Gasteiger partial charge in [-0.25, -0.2) is 22.5 Å². The number of pyridine rings is 1. The summed E-state index contributed by atoms with van der Waals surface area (Å²) in [4.78, 5) is 6.38. The van der Waals surface area contributed by atoms with Gasteiger partial charge in [-0.05, 0) is 26.0 Å². The van der Waals surface area contributed by atoms with Crippen LogP contribution in [0, 0.1) is 5.82 Å². The van der Waals surface area contributed by atoms with Gasteiger partial charge in [0.25, 0.3) is 0 Å². The largest absolute Gasteiger partial charge is 0.505 e. The zero-order valence-electron chi connectivity index (χ0n) is 17.9. The van der Waals surface area contributed by atoms with Gasteiger partial charge in [0, 0.05) is 36.6 Å². The van der Waals surface area contributed by atoms with Crippen molar-refractivity contribution in [1.82, 2.24) is 19.1 Å². The molecule has 1 N–H and O–H groups in total. The number of rotatable bonds is 3. The minimum Gasteiger partial charge on any atom is -0.505 e. The van der Waals surface area contributed by atoms with Crippen molar-refractivity contribution in [1.29, 1.82) is 0 Å². The molecule has 1 saturated heterocycles. The Morgan fingerprint density at radius 1 is 1.12 bits per heavy atom. The molecule has 2 aromatic heterocycles. The second-order valence-corrected chi connectivity index (χ2v) is 10.5. The van der Waals surface area contributed by atoms with E-state index in [1.165, 1.54) is 16.7 Å². The highest BCUT2D eigenvalue weighted by atomic mass is 32.2. The number of sulfonamides is 1. The molecule has 8 nitrogen and oxygen atoms in total. The fourth-order valence-electron chi connectivity index (χ4n) is 4.01. The third-order valence-corrected chi connectivity index (χ3v) is 6.89. The maximum absolute atomic E-state index is 13.8. The SMILES string of the molecule is CC1(C)CN(S(C)(=O)=O)CCN1c1cc2cnn(-c3cc(O)c(F)c(C(F)(F)F)c3)c2cn1. The first kappa shape index (κ1) is 23.2. The number of hydrogen-bond acceptors (Lipinski definition) is 6. The van der Waals surface area contributed by atoms with Gasteiger partial charge < -0.3 is 10.0 Å². The molecule has 178 valence electrons. The molecule has 33 heavy (non-hydrogen) atoms. The van der Waals surface area contributed by atoms with Gasteiger partial charge in [-0.1, -0.05) is 0 Å². The number of piperazine rings is 1. The minimum absolute atomic E-state index is 0.173. The Bertz CT molecular complexity index is 1340. The standard InChI is InChI=1S/C20H21F4N5O3S/c1-19(2)11-27(33(3,31)32)4-5-28(19)17-6-12-9-26-29(15(12)10-25-17)13-7-14(20(22,23)24)18(21)16(30)8-13/h6-10,30H,4-5,11H2,1-3H3. The number of aromatic hydroxyl groups is 1. The highest BCUT2D eigenvalue weighted by molar-refractivity contribution is 7.88. The molecule has 13 heteroatoms. The monoisotopic (exact) mass is 487 g/mol. The lowest BCUT2D eigenvalue weighted by Gasteiger charge is -2.46. The van der Waals surface area contributed by atoms with Crippen LogP contribution in [0.1, 0.15) is 19.4 Å². The van der Waals surface area contributed by atoms with Crippen LogP contribution < -0.4 is 4.90 Å². The van der Waals surface area contributed by atoms with Gasteiger partial charge in [-0.2, -0.15) is 22.6 Å². The lowest BCUT2D eigenvalue weighted by molar-refractivity contribution is -0.140. The second-order valence-electron chi connectivity index (χ2n) is 8.54. The summed E-state index contributed by atoms with van der Waals surface area (Å²) in [6.07, 6.45) is -0.987. The maximum atomic E-state index is 13.8. The third-order valence-electron chi connectivity index (χ3n) is 5.64. The number of fused-ring (bicyclic) bond motifs is 1. The number of phenolic OH excluding ortho intramolecular Hbond substituents is 1. The Morgan fingerprint density at radius 2 is 1.82 bits per heavy atom. The first-order valence-electron chi connectivity index (χ1n) is 9.85. The van der Waals surface area contributed by atoms with Crippen molar-refractivity contribution >= 4 is 26.7 Å². The molecular weight excluding hydrogens is 466 g/mol. The summed E-state index contributed by atoms with van der Waals surface area (Å²) in [5.74, 6) is -2.34. The van der Waals surface area contributed by atoms with Crippen LogP contribution in [0.15, 0.2) is 30.6 Å². The van der Waals surface area contributed by atoms with Crippen molar-refractivity contribution in [3.8, 4) is 11.4 Å². The molecule has 1 aromatic carbocycles. The van der Waals surface area contributed by atoms with Crippen molar-refractivity contribution in [2.24, 2.45) is 0 Å². The minimum atomic E-state index is -4.99. The van der Waals surface area contributed by atoms with Gasteiger partial charge in [-0.3, -0.25) is 0 Å². The second kappa shape index (κ2) is 7.55. The zero-order valence-corrected chi connectivity index (χ0v) is 18.7. The number of benzene rings is 1. The van der Waals surface area contributed by atoms with E-state index in [2.05, 4.69) is 10.1 Å². The fourth-order valence-corrected chi connectivity index (χ4v) is 4.97. The normalized spacial score (nSPS) is 17.6. The first-order valence-corrected chi connectivity index (χ1v) is 11.7. The van der Waals surface area contributed by atoms with Gasteiger partial charge in [0.05, 0.1) is 35.4 Å². The average Bonchev–Trinajstić information content (AvgIpc) is 3.10. The molecular formula is C20H21F4N5O3S. The van der Waals surface area contributed by atoms with Crippen LogP contribution in [0.2, 0.25) is 0 Å². The predicted octanol–water partition coefficient (Wildman–Crippen LogP) is 3.14. The molecule has 0 unspecified atom stereocenters. The summed E-state index contributed by atoms with van der Waals surface area (Å²) < 4.78 is 79.7. The number of aromatic nitrogens is 3. The molecule has 3 aromatic rings. The van der Waals surface area contributed by atoms with E-state index in [9.17, 15) is 31.1 Å². The summed E-state index contributed by atoms with van der Waals surface area (Å²) in [7, 11) is -3.34.